The largest absolute Gasteiger partial charge is 0.409 e. The van der Waals surface area contributed by atoms with Crippen LogP contribution in [0.15, 0.2) is 29.4 Å². The predicted molar refractivity (Wildman–Crippen MR) is 78.7 cm³/mol. The van der Waals surface area contributed by atoms with Crippen molar-refractivity contribution in [1.29, 1.82) is 0 Å². The normalized spacial score (nSPS) is 21.6. The molecule has 5 nitrogen and oxygen atoms in total. The summed E-state index contributed by atoms with van der Waals surface area (Å²) in [5.74, 6) is 0.135. The Kier molecular flexibility index (Phi) is 5.38. The van der Waals surface area contributed by atoms with Crippen LogP contribution < -0.4 is 5.73 Å². The molecule has 0 aromatic heterocycles. The van der Waals surface area contributed by atoms with Crippen molar-refractivity contribution in [2.24, 2.45) is 10.9 Å². The number of benzene rings is 1. The molecule has 1 fully saturated rings. The Labute approximate surface area is 119 Å². The van der Waals surface area contributed by atoms with E-state index in [1.165, 1.54) is 12.8 Å². The molecule has 5 heteroatoms. The zero-order valence-electron chi connectivity index (χ0n) is 11.7. The molecular formula is C15H23N3O2. The van der Waals surface area contributed by atoms with Gasteiger partial charge in [0.15, 0.2) is 5.84 Å². The van der Waals surface area contributed by atoms with Gasteiger partial charge in [0.2, 0.25) is 0 Å². The van der Waals surface area contributed by atoms with Crippen LogP contribution in [-0.2, 0) is 6.54 Å². The summed E-state index contributed by atoms with van der Waals surface area (Å²) in [5.41, 5.74) is 7.52. The number of hydrogen-bond donors (Lipinski definition) is 3. The van der Waals surface area contributed by atoms with E-state index in [9.17, 15) is 5.11 Å². The van der Waals surface area contributed by atoms with Gasteiger partial charge >= 0.3 is 0 Å². The fraction of sp³-hybridized carbons (Fsp3) is 0.533. The molecule has 110 valence electrons. The molecule has 1 heterocycles. The molecule has 0 bridgehead atoms. The second kappa shape index (κ2) is 7.26. The number of rotatable bonds is 4. The Balaban J connectivity index is 2.19. The van der Waals surface area contributed by atoms with Crippen molar-refractivity contribution in [3.8, 4) is 0 Å². The molecule has 1 unspecified atom stereocenters. The van der Waals surface area contributed by atoms with E-state index in [0.717, 1.165) is 37.1 Å². The van der Waals surface area contributed by atoms with Gasteiger partial charge in [-0.15, -0.1) is 0 Å². The topological polar surface area (TPSA) is 82.1 Å². The van der Waals surface area contributed by atoms with Gasteiger partial charge in [-0.05, 0) is 24.9 Å². The summed E-state index contributed by atoms with van der Waals surface area (Å²) in [4.78, 5) is 2.30. The number of aliphatic hydroxyl groups is 1. The van der Waals surface area contributed by atoms with E-state index >= 15 is 0 Å². The van der Waals surface area contributed by atoms with E-state index in [1.54, 1.807) is 0 Å². The van der Waals surface area contributed by atoms with Crippen molar-refractivity contribution in [3.63, 3.8) is 0 Å². The van der Waals surface area contributed by atoms with Crippen molar-refractivity contribution < 1.29 is 10.3 Å². The first kappa shape index (κ1) is 14.8. The smallest absolute Gasteiger partial charge is 0.170 e. The average Bonchev–Trinajstić information content (AvgIpc) is 2.72. The van der Waals surface area contributed by atoms with Gasteiger partial charge < -0.3 is 16.0 Å². The minimum absolute atomic E-state index is 0.135. The number of likely N-dealkylation sites (tertiary alicyclic amines) is 1. The highest BCUT2D eigenvalue weighted by Crippen LogP contribution is 2.20. The third-order valence-electron chi connectivity index (χ3n) is 3.98. The zero-order valence-corrected chi connectivity index (χ0v) is 11.7. The van der Waals surface area contributed by atoms with Crippen LogP contribution in [0.2, 0.25) is 0 Å². The van der Waals surface area contributed by atoms with E-state index < -0.39 is 0 Å². The molecule has 0 saturated carbocycles. The number of oxime groups is 1. The first-order valence-corrected chi connectivity index (χ1v) is 7.17. The Hall–Kier alpha value is -1.59. The van der Waals surface area contributed by atoms with Crippen LogP contribution in [0.3, 0.4) is 0 Å². The molecule has 1 atom stereocenters. The van der Waals surface area contributed by atoms with Crippen molar-refractivity contribution in [1.82, 2.24) is 4.90 Å². The molecule has 0 amide bonds. The molecule has 4 N–H and O–H groups in total. The summed E-state index contributed by atoms with van der Waals surface area (Å²) in [6.07, 6.45) is 4.57. The summed E-state index contributed by atoms with van der Waals surface area (Å²) in [6, 6.07) is 7.89. The second-order valence-corrected chi connectivity index (χ2v) is 5.30. The molecule has 20 heavy (non-hydrogen) atoms. The SMILES string of the molecule is N/C(=N/O)c1ccccc1CN1CCCCCC1CO. The monoisotopic (exact) mass is 277 g/mol. The van der Waals surface area contributed by atoms with Crippen molar-refractivity contribution in [3.05, 3.63) is 35.4 Å². The van der Waals surface area contributed by atoms with Gasteiger partial charge in [-0.2, -0.15) is 0 Å². The summed E-state index contributed by atoms with van der Waals surface area (Å²) in [6.45, 7) is 1.89. The number of nitrogens with zero attached hydrogens (tertiary/aromatic N) is 2. The minimum Gasteiger partial charge on any atom is -0.409 e. The third-order valence-corrected chi connectivity index (χ3v) is 3.98. The Morgan fingerprint density at radius 3 is 2.85 bits per heavy atom. The van der Waals surface area contributed by atoms with E-state index in [0.29, 0.717) is 0 Å². The van der Waals surface area contributed by atoms with Gasteiger partial charge in [0, 0.05) is 18.2 Å². The summed E-state index contributed by atoms with van der Waals surface area (Å²) >= 11 is 0. The highest BCUT2D eigenvalue weighted by atomic mass is 16.4. The standard InChI is InChI=1S/C15H23N3O2/c16-15(17-20)14-8-4-3-6-12(14)10-18-9-5-1-2-7-13(18)11-19/h3-4,6,8,13,19-20H,1-2,5,7,9-11H2,(H2,16,17). The van der Waals surface area contributed by atoms with Gasteiger partial charge in [-0.25, -0.2) is 0 Å². The summed E-state index contributed by atoms with van der Waals surface area (Å²) in [7, 11) is 0. The lowest BCUT2D eigenvalue weighted by Gasteiger charge is -2.29. The Morgan fingerprint density at radius 1 is 1.30 bits per heavy atom. The van der Waals surface area contributed by atoms with Gasteiger partial charge in [0.25, 0.3) is 0 Å². The second-order valence-electron chi connectivity index (χ2n) is 5.30. The van der Waals surface area contributed by atoms with E-state index in [1.807, 2.05) is 24.3 Å². The van der Waals surface area contributed by atoms with Crippen LogP contribution in [0.1, 0.15) is 36.8 Å². The Bertz CT molecular complexity index is 462. The molecule has 1 aliphatic rings. The molecule has 0 aliphatic carbocycles. The Morgan fingerprint density at radius 2 is 2.10 bits per heavy atom. The minimum atomic E-state index is 0.135. The van der Waals surface area contributed by atoms with Gasteiger partial charge in [-0.3, -0.25) is 4.90 Å². The van der Waals surface area contributed by atoms with Crippen molar-refractivity contribution in [2.75, 3.05) is 13.2 Å². The number of aliphatic hydroxyl groups excluding tert-OH is 1. The lowest BCUT2D eigenvalue weighted by Crippen LogP contribution is -2.37. The summed E-state index contributed by atoms with van der Waals surface area (Å²) in [5, 5.41) is 21.5. The maximum Gasteiger partial charge on any atom is 0.170 e. The van der Waals surface area contributed by atoms with E-state index in [4.69, 9.17) is 10.9 Å². The molecule has 2 rings (SSSR count). The van der Waals surface area contributed by atoms with Crippen LogP contribution in [0, 0.1) is 0 Å². The fourth-order valence-corrected chi connectivity index (χ4v) is 2.83. The molecule has 0 radical (unpaired) electrons. The number of amidine groups is 1. The lowest BCUT2D eigenvalue weighted by atomic mass is 10.0. The highest BCUT2D eigenvalue weighted by Gasteiger charge is 2.21. The fourth-order valence-electron chi connectivity index (χ4n) is 2.83. The maximum atomic E-state index is 9.56. The molecule has 1 aromatic rings. The number of hydrogen-bond acceptors (Lipinski definition) is 4. The van der Waals surface area contributed by atoms with Crippen molar-refractivity contribution >= 4 is 5.84 Å². The first-order chi connectivity index (χ1) is 9.76. The highest BCUT2D eigenvalue weighted by molar-refractivity contribution is 5.98. The zero-order chi connectivity index (χ0) is 14.4. The van der Waals surface area contributed by atoms with E-state index in [2.05, 4.69) is 10.1 Å². The van der Waals surface area contributed by atoms with Crippen LogP contribution in [0.25, 0.3) is 0 Å². The van der Waals surface area contributed by atoms with Crippen LogP contribution in [0.4, 0.5) is 0 Å². The van der Waals surface area contributed by atoms with Gasteiger partial charge in [0.1, 0.15) is 0 Å². The average molecular weight is 277 g/mol. The maximum absolute atomic E-state index is 9.56. The first-order valence-electron chi connectivity index (χ1n) is 7.17. The third kappa shape index (κ3) is 3.49. The quantitative estimate of drug-likeness (QED) is 0.337. The molecule has 1 aliphatic heterocycles. The number of nitrogens with two attached hydrogens (primary N) is 1. The predicted octanol–water partition coefficient (Wildman–Crippen LogP) is 1.52. The molecule has 1 saturated heterocycles. The summed E-state index contributed by atoms with van der Waals surface area (Å²) < 4.78 is 0. The molecule has 1 aromatic carbocycles. The van der Waals surface area contributed by atoms with Crippen molar-refractivity contribution in [2.45, 2.75) is 38.3 Å². The van der Waals surface area contributed by atoms with Crippen LogP contribution in [-0.4, -0.2) is 40.2 Å². The lowest BCUT2D eigenvalue weighted by molar-refractivity contribution is 0.118. The van der Waals surface area contributed by atoms with Gasteiger partial charge in [-0.1, -0.05) is 42.3 Å². The van der Waals surface area contributed by atoms with Crippen LogP contribution in [0.5, 0.6) is 0 Å². The molecule has 0 spiro atoms. The van der Waals surface area contributed by atoms with Gasteiger partial charge in [0.05, 0.1) is 6.61 Å². The van der Waals surface area contributed by atoms with Crippen LogP contribution >= 0.6 is 0 Å². The van der Waals surface area contributed by atoms with E-state index in [-0.39, 0.29) is 18.5 Å². The molecular weight excluding hydrogens is 254 g/mol.